The first-order valence-corrected chi connectivity index (χ1v) is 5.33. The Kier molecular flexibility index (Phi) is 4.94. The summed E-state index contributed by atoms with van der Waals surface area (Å²) < 4.78 is 25.7. The lowest BCUT2D eigenvalue weighted by atomic mass is 10.2. The number of nitrogens with zero attached hydrogens (tertiary/aromatic N) is 1. The molecule has 86 valence electrons. The maximum absolute atomic E-state index is 12.8. The molecule has 1 aromatic carbocycles. The zero-order chi connectivity index (χ0) is 12.0. The van der Waals surface area contributed by atoms with Crippen LogP contribution in [0.15, 0.2) is 18.2 Å². The van der Waals surface area contributed by atoms with Crippen molar-refractivity contribution in [1.29, 1.82) is 0 Å². The first kappa shape index (κ1) is 12.7. The van der Waals surface area contributed by atoms with E-state index >= 15 is 0 Å². The molecule has 0 atom stereocenters. The molecule has 16 heavy (non-hydrogen) atoms. The standard InChI is InChI=1S/C13H15F2N/c1-3-16(4-2)7-5-6-11-8-12(14)10-13(15)9-11/h8-10H,3-4,7H2,1-2H3. The van der Waals surface area contributed by atoms with Crippen LogP contribution in [0, 0.1) is 23.5 Å². The number of hydrogen-bond acceptors (Lipinski definition) is 1. The van der Waals surface area contributed by atoms with Crippen LogP contribution in [0.5, 0.6) is 0 Å². The zero-order valence-electron chi connectivity index (χ0n) is 9.56. The van der Waals surface area contributed by atoms with E-state index in [0.29, 0.717) is 12.1 Å². The quantitative estimate of drug-likeness (QED) is 0.712. The number of benzene rings is 1. The monoisotopic (exact) mass is 223 g/mol. The van der Waals surface area contributed by atoms with Gasteiger partial charge in [0.25, 0.3) is 0 Å². The fourth-order valence-electron chi connectivity index (χ4n) is 1.33. The van der Waals surface area contributed by atoms with Crippen LogP contribution >= 0.6 is 0 Å². The van der Waals surface area contributed by atoms with Crippen LogP contribution in [0.1, 0.15) is 19.4 Å². The first-order valence-electron chi connectivity index (χ1n) is 5.33. The van der Waals surface area contributed by atoms with E-state index in [-0.39, 0.29) is 0 Å². The molecule has 0 amide bonds. The molecule has 1 rings (SSSR count). The molecule has 0 aliphatic rings. The summed E-state index contributed by atoms with van der Waals surface area (Å²) in [5.74, 6) is 4.47. The van der Waals surface area contributed by atoms with E-state index < -0.39 is 11.6 Å². The lowest BCUT2D eigenvalue weighted by Gasteiger charge is -2.13. The Bertz CT molecular complexity index is 380. The topological polar surface area (TPSA) is 3.24 Å². The highest BCUT2D eigenvalue weighted by Gasteiger charge is 1.98. The van der Waals surface area contributed by atoms with Gasteiger partial charge in [-0.25, -0.2) is 8.78 Å². The number of hydrogen-bond donors (Lipinski definition) is 0. The molecule has 0 fully saturated rings. The second kappa shape index (κ2) is 6.24. The molecule has 1 aromatic rings. The van der Waals surface area contributed by atoms with Crippen LogP contribution in [0.2, 0.25) is 0 Å². The maximum Gasteiger partial charge on any atom is 0.127 e. The normalized spacial score (nSPS) is 10.1. The van der Waals surface area contributed by atoms with E-state index in [1.54, 1.807) is 0 Å². The van der Waals surface area contributed by atoms with Crippen molar-refractivity contribution in [2.24, 2.45) is 0 Å². The molecule has 0 radical (unpaired) electrons. The van der Waals surface area contributed by atoms with Crippen molar-refractivity contribution in [3.8, 4) is 11.8 Å². The smallest absolute Gasteiger partial charge is 0.127 e. The van der Waals surface area contributed by atoms with E-state index in [4.69, 9.17) is 0 Å². The third-order valence-electron chi connectivity index (χ3n) is 2.29. The summed E-state index contributed by atoms with van der Waals surface area (Å²) in [6.45, 7) is 6.55. The van der Waals surface area contributed by atoms with Gasteiger partial charge in [0, 0.05) is 11.6 Å². The Hall–Kier alpha value is -1.40. The molecular weight excluding hydrogens is 208 g/mol. The molecule has 0 saturated carbocycles. The molecular formula is C13H15F2N. The Balaban J connectivity index is 2.69. The Morgan fingerprint density at radius 3 is 2.12 bits per heavy atom. The lowest BCUT2D eigenvalue weighted by molar-refractivity contribution is 0.342. The summed E-state index contributed by atoms with van der Waals surface area (Å²) in [5, 5.41) is 0. The van der Waals surface area contributed by atoms with Crippen molar-refractivity contribution < 1.29 is 8.78 Å². The highest BCUT2D eigenvalue weighted by molar-refractivity contribution is 5.35. The van der Waals surface area contributed by atoms with Gasteiger partial charge >= 0.3 is 0 Å². The van der Waals surface area contributed by atoms with E-state index in [2.05, 4.69) is 16.7 Å². The molecule has 0 saturated heterocycles. The molecule has 0 aliphatic carbocycles. The van der Waals surface area contributed by atoms with Gasteiger partial charge in [-0.15, -0.1) is 0 Å². The summed E-state index contributed by atoms with van der Waals surface area (Å²) >= 11 is 0. The molecule has 0 N–H and O–H groups in total. The molecule has 1 nitrogen and oxygen atoms in total. The molecule has 3 heteroatoms. The van der Waals surface area contributed by atoms with Crippen LogP contribution in [-0.2, 0) is 0 Å². The minimum atomic E-state index is -0.591. The van der Waals surface area contributed by atoms with Crippen LogP contribution in [-0.4, -0.2) is 24.5 Å². The summed E-state index contributed by atoms with van der Waals surface area (Å²) in [5.41, 5.74) is 0.379. The van der Waals surface area contributed by atoms with Gasteiger partial charge in [0.2, 0.25) is 0 Å². The van der Waals surface area contributed by atoms with Crippen molar-refractivity contribution in [2.75, 3.05) is 19.6 Å². The van der Waals surface area contributed by atoms with Crippen molar-refractivity contribution in [1.82, 2.24) is 4.90 Å². The zero-order valence-corrected chi connectivity index (χ0v) is 9.56. The van der Waals surface area contributed by atoms with Gasteiger partial charge in [-0.1, -0.05) is 25.7 Å². The minimum Gasteiger partial charge on any atom is -0.293 e. The summed E-state index contributed by atoms with van der Waals surface area (Å²) in [6.07, 6.45) is 0. The van der Waals surface area contributed by atoms with E-state index in [1.165, 1.54) is 12.1 Å². The fourth-order valence-corrected chi connectivity index (χ4v) is 1.33. The van der Waals surface area contributed by atoms with Crippen molar-refractivity contribution in [3.05, 3.63) is 35.4 Å². The molecule has 0 unspecified atom stereocenters. The first-order chi connectivity index (χ1) is 7.65. The van der Waals surface area contributed by atoms with Gasteiger partial charge in [-0.05, 0) is 25.2 Å². The molecule has 0 bridgehead atoms. The number of halogens is 2. The molecule has 0 heterocycles. The lowest BCUT2D eigenvalue weighted by Crippen LogP contribution is -2.22. The Labute approximate surface area is 95.1 Å². The molecule has 0 aromatic heterocycles. The third kappa shape index (κ3) is 4.00. The molecule has 0 spiro atoms. The van der Waals surface area contributed by atoms with E-state index in [9.17, 15) is 8.78 Å². The Morgan fingerprint density at radius 2 is 1.62 bits per heavy atom. The predicted octanol–water partition coefficient (Wildman–Crippen LogP) is 2.66. The summed E-state index contributed by atoms with van der Waals surface area (Å²) in [6, 6.07) is 3.31. The van der Waals surface area contributed by atoms with Crippen LogP contribution in [0.25, 0.3) is 0 Å². The Morgan fingerprint density at radius 1 is 1.06 bits per heavy atom. The van der Waals surface area contributed by atoms with E-state index in [0.717, 1.165) is 19.2 Å². The average Bonchev–Trinajstić information content (AvgIpc) is 2.23. The largest absolute Gasteiger partial charge is 0.293 e. The van der Waals surface area contributed by atoms with Crippen molar-refractivity contribution >= 4 is 0 Å². The fraction of sp³-hybridized carbons (Fsp3) is 0.385. The second-order valence-corrected chi connectivity index (χ2v) is 3.42. The van der Waals surface area contributed by atoms with Crippen LogP contribution in [0.3, 0.4) is 0 Å². The number of rotatable bonds is 3. The average molecular weight is 223 g/mol. The highest BCUT2D eigenvalue weighted by Crippen LogP contribution is 2.06. The van der Waals surface area contributed by atoms with Crippen LogP contribution in [0.4, 0.5) is 8.78 Å². The minimum absolute atomic E-state index is 0.379. The highest BCUT2D eigenvalue weighted by atomic mass is 19.1. The third-order valence-corrected chi connectivity index (χ3v) is 2.29. The molecule has 0 aliphatic heterocycles. The van der Waals surface area contributed by atoms with Crippen molar-refractivity contribution in [3.63, 3.8) is 0 Å². The van der Waals surface area contributed by atoms with Gasteiger partial charge in [-0.3, -0.25) is 4.90 Å². The van der Waals surface area contributed by atoms with Gasteiger partial charge in [0.05, 0.1) is 6.54 Å². The van der Waals surface area contributed by atoms with E-state index in [1.807, 2.05) is 13.8 Å². The van der Waals surface area contributed by atoms with Gasteiger partial charge in [0.1, 0.15) is 11.6 Å². The predicted molar refractivity (Wildman–Crippen MR) is 61.0 cm³/mol. The van der Waals surface area contributed by atoms with Crippen LogP contribution < -0.4 is 0 Å². The summed E-state index contributed by atoms with van der Waals surface area (Å²) in [4.78, 5) is 2.13. The van der Waals surface area contributed by atoms with Gasteiger partial charge in [-0.2, -0.15) is 0 Å². The summed E-state index contributed by atoms with van der Waals surface area (Å²) in [7, 11) is 0. The van der Waals surface area contributed by atoms with Crippen molar-refractivity contribution in [2.45, 2.75) is 13.8 Å². The van der Waals surface area contributed by atoms with Gasteiger partial charge in [0.15, 0.2) is 0 Å². The SMILES string of the molecule is CCN(CC)CC#Cc1cc(F)cc(F)c1. The second-order valence-electron chi connectivity index (χ2n) is 3.42. The van der Waals surface area contributed by atoms with Gasteiger partial charge < -0.3 is 0 Å². The maximum atomic E-state index is 12.8.